The van der Waals surface area contributed by atoms with Crippen molar-refractivity contribution in [2.45, 2.75) is 58.8 Å². The van der Waals surface area contributed by atoms with E-state index in [4.69, 9.17) is 9.47 Å². The van der Waals surface area contributed by atoms with E-state index in [9.17, 15) is 14.7 Å². The van der Waals surface area contributed by atoms with E-state index in [-0.39, 0.29) is 5.92 Å². The number of aliphatic hydroxyl groups excluding tert-OH is 1. The predicted octanol–water partition coefficient (Wildman–Crippen LogP) is 3.45. The first-order valence-electron chi connectivity index (χ1n) is 8.39. The van der Waals surface area contributed by atoms with Crippen molar-refractivity contribution in [3.63, 3.8) is 0 Å². The van der Waals surface area contributed by atoms with Crippen LogP contribution < -0.4 is 5.32 Å². The van der Waals surface area contributed by atoms with Crippen molar-refractivity contribution < 1.29 is 24.2 Å². The van der Waals surface area contributed by atoms with E-state index in [1.165, 1.54) is 7.11 Å². The summed E-state index contributed by atoms with van der Waals surface area (Å²) in [6.07, 6.45) is -0.996. The molecule has 0 aliphatic heterocycles. The standard InChI is InChI=1S/C19H29NO5/c1-12(2)10-15(20-18(23)25-19(3,4)5)16(21)13-8-7-9-14(11-13)17(22)24-6/h7-9,11-12,15-16,21H,10H2,1-6H3,(H,20,23)/t15-,16+/m0/s1. The maximum Gasteiger partial charge on any atom is 0.407 e. The highest BCUT2D eigenvalue weighted by atomic mass is 16.6. The van der Waals surface area contributed by atoms with Gasteiger partial charge in [-0.3, -0.25) is 0 Å². The summed E-state index contributed by atoms with van der Waals surface area (Å²) in [6, 6.07) is 6.02. The van der Waals surface area contributed by atoms with Gasteiger partial charge in [0.15, 0.2) is 0 Å². The molecule has 2 atom stereocenters. The zero-order valence-electron chi connectivity index (χ0n) is 15.8. The van der Waals surface area contributed by atoms with Crippen LogP contribution in [0.5, 0.6) is 0 Å². The molecule has 2 N–H and O–H groups in total. The average Bonchev–Trinajstić information content (AvgIpc) is 2.50. The third-order valence-electron chi connectivity index (χ3n) is 3.46. The summed E-state index contributed by atoms with van der Waals surface area (Å²) in [7, 11) is 1.30. The van der Waals surface area contributed by atoms with Gasteiger partial charge in [-0.15, -0.1) is 0 Å². The molecule has 6 heteroatoms. The minimum Gasteiger partial charge on any atom is -0.465 e. The largest absolute Gasteiger partial charge is 0.465 e. The molecule has 0 aliphatic carbocycles. The first kappa shape index (κ1) is 21.0. The fraction of sp³-hybridized carbons (Fsp3) is 0.579. The van der Waals surface area contributed by atoms with Gasteiger partial charge in [0.25, 0.3) is 0 Å². The summed E-state index contributed by atoms with van der Waals surface area (Å²) in [5.41, 5.74) is 0.256. The second kappa shape index (κ2) is 8.85. The molecule has 1 amide bonds. The number of nitrogens with one attached hydrogen (secondary N) is 1. The molecular formula is C19H29NO5. The van der Waals surface area contributed by atoms with Gasteiger partial charge in [0.1, 0.15) is 5.60 Å². The summed E-state index contributed by atoms with van der Waals surface area (Å²) in [5, 5.41) is 13.5. The molecule has 1 aromatic rings. The van der Waals surface area contributed by atoms with Gasteiger partial charge in [-0.25, -0.2) is 9.59 Å². The third kappa shape index (κ3) is 7.13. The van der Waals surface area contributed by atoms with Crippen LogP contribution in [0.1, 0.15) is 63.1 Å². The molecule has 0 saturated carbocycles. The van der Waals surface area contributed by atoms with Gasteiger partial charge >= 0.3 is 12.1 Å². The number of rotatable bonds is 6. The van der Waals surface area contributed by atoms with Crippen LogP contribution in [-0.2, 0) is 9.47 Å². The van der Waals surface area contributed by atoms with Crippen LogP contribution in [0.4, 0.5) is 4.79 Å². The van der Waals surface area contributed by atoms with E-state index in [1.54, 1.807) is 45.0 Å². The molecule has 0 spiro atoms. The van der Waals surface area contributed by atoms with Crippen molar-refractivity contribution in [3.8, 4) is 0 Å². The van der Waals surface area contributed by atoms with Crippen molar-refractivity contribution in [1.29, 1.82) is 0 Å². The van der Waals surface area contributed by atoms with Crippen LogP contribution in [0.2, 0.25) is 0 Å². The topological polar surface area (TPSA) is 84.9 Å². The monoisotopic (exact) mass is 351 g/mol. The molecule has 1 aromatic carbocycles. The Hall–Kier alpha value is -2.08. The quantitative estimate of drug-likeness (QED) is 0.767. The Balaban J connectivity index is 2.98. The number of carbonyl (C=O) groups is 2. The number of methoxy groups -OCH3 is 1. The molecule has 140 valence electrons. The van der Waals surface area contributed by atoms with E-state index in [0.29, 0.717) is 17.5 Å². The zero-order valence-corrected chi connectivity index (χ0v) is 15.8. The fourth-order valence-electron chi connectivity index (χ4n) is 2.43. The van der Waals surface area contributed by atoms with Gasteiger partial charge in [-0.1, -0.05) is 26.0 Å². The molecule has 0 aromatic heterocycles. The van der Waals surface area contributed by atoms with Gasteiger partial charge in [0.05, 0.1) is 24.8 Å². The smallest absolute Gasteiger partial charge is 0.407 e. The summed E-state index contributed by atoms with van der Waals surface area (Å²) in [4.78, 5) is 23.8. The van der Waals surface area contributed by atoms with Gasteiger partial charge in [0.2, 0.25) is 0 Å². The lowest BCUT2D eigenvalue weighted by atomic mass is 9.94. The van der Waals surface area contributed by atoms with Crippen LogP contribution in [0.25, 0.3) is 0 Å². The predicted molar refractivity (Wildman–Crippen MR) is 95.4 cm³/mol. The number of alkyl carbamates (subject to hydrolysis) is 1. The Bertz CT molecular complexity index is 592. The summed E-state index contributed by atoms with van der Waals surface area (Å²) in [5.74, 6) is -0.229. The highest BCUT2D eigenvalue weighted by molar-refractivity contribution is 5.89. The van der Waals surface area contributed by atoms with Crippen molar-refractivity contribution in [3.05, 3.63) is 35.4 Å². The number of hydrogen-bond acceptors (Lipinski definition) is 5. The molecule has 0 unspecified atom stereocenters. The van der Waals surface area contributed by atoms with Gasteiger partial charge in [-0.05, 0) is 50.8 Å². The number of carbonyl (C=O) groups excluding carboxylic acids is 2. The highest BCUT2D eigenvalue weighted by Gasteiger charge is 2.27. The van der Waals surface area contributed by atoms with E-state index >= 15 is 0 Å². The maximum atomic E-state index is 12.1. The van der Waals surface area contributed by atoms with E-state index in [0.717, 1.165) is 0 Å². The lowest BCUT2D eigenvalue weighted by Gasteiger charge is -2.28. The zero-order chi connectivity index (χ0) is 19.2. The summed E-state index contributed by atoms with van der Waals surface area (Å²) < 4.78 is 9.99. The van der Waals surface area contributed by atoms with Crippen molar-refractivity contribution in [2.24, 2.45) is 5.92 Å². The molecule has 1 rings (SSSR count). The van der Waals surface area contributed by atoms with Crippen LogP contribution in [-0.4, -0.2) is 35.9 Å². The van der Waals surface area contributed by atoms with Crippen LogP contribution >= 0.6 is 0 Å². The van der Waals surface area contributed by atoms with E-state index in [2.05, 4.69) is 5.32 Å². The van der Waals surface area contributed by atoms with Crippen LogP contribution in [0.3, 0.4) is 0 Å². The minimum absolute atomic E-state index is 0.248. The van der Waals surface area contributed by atoms with Gasteiger partial charge in [0, 0.05) is 0 Å². The summed E-state index contributed by atoms with van der Waals surface area (Å²) >= 11 is 0. The number of esters is 1. The Kier molecular flexibility index (Phi) is 7.42. The lowest BCUT2D eigenvalue weighted by Crippen LogP contribution is -2.43. The Morgan fingerprint density at radius 3 is 2.40 bits per heavy atom. The number of amides is 1. The van der Waals surface area contributed by atoms with Crippen molar-refractivity contribution in [2.75, 3.05) is 7.11 Å². The number of benzene rings is 1. The van der Waals surface area contributed by atoms with E-state index < -0.39 is 29.8 Å². The molecule has 0 fully saturated rings. The molecule has 0 bridgehead atoms. The molecule has 0 radical (unpaired) electrons. The van der Waals surface area contributed by atoms with Crippen LogP contribution in [0.15, 0.2) is 24.3 Å². The Labute approximate surface area is 149 Å². The fourth-order valence-corrected chi connectivity index (χ4v) is 2.43. The highest BCUT2D eigenvalue weighted by Crippen LogP contribution is 2.23. The third-order valence-corrected chi connectivity index (χ3v) is 3.46. The number of ether oxygens (including phenoxy) is 2. The first-order chi connectivity index (χ1) is 11.5. The van der Waals surface area contributed by atoms with E-state index in [1.807, 2.05) is 13.8 Å². The minimum atomic E-state index is -0.973. The average molecular weight is 351 g/mol. The molecule has 0 heterocycles. The molecule has 6 nitrogen and oxygen atoms in total. The van der Waals surface area contributed by atoms with Gasteiger partial charge in [-0.2, -0.15) is 0 Å². The molecule has 0 saturated heterocycles. The SMILES string of the molecule is COC(=O)c1cccc([C@@H](O)[C@H](CC(C)C)NC(=O)OC(C)(C)C)c1. The maximum absolute atomic E-state index is 12.1. The Morgan fingerprint density at radius 2 is 1.88 bits per heavy atom. The summed E-state index contributed by atoms with van der Waals surface area (Å²) in [6.45, 7) is 9.34. The second-order valence-corrected chi connectivity index (χ2v) is 7.44. The second-order valence-electron chi connectivity index (χ2n) is 7.44. The molecule has 25 heavy (non-hydrogen) atoms. The van der Waals surface area contributed by atoms with Crippen LogP contribution in [0, 0.1) is 5.92 Å². The normalized spacial score (nSPS) is 13.9. The molecular weight excluding hydrogens is 322 g/mol. The lowest BCUT2D eigenvalue weighted by molar-refractivity contribution is 0.0401. The molecule has 0 aliphatic rings. The van der Waals surface area contributed by atoms with Gasteiger partial charge < -0.3 is 19.9 Å². The number of hydrogen-bond donors (Lipinski definition) is 2. The number of aliphatic hydroxyl groups is 1. The van der Waals surface area contributed by atoms with Crippen molar-refractivity contribution in [1.82, 2.24) is 5.32 Å². The Morgan fingerprint density at radius 1 is 1.24 bits per heavy atom. The van der Waals surface area contributed by atoms with Crippen molar-refractivity contribution >= 4 is 12.1 Å². The first-order valence-corrected chi connectivity index (χ1v) is 8.39.